The van der Waals surface area contributed by atoms with Crippen molar-refractivity contribution in [2.24, 2.45) is 0 Å². The molecule has 2 aromatic rings. The highest BCUT2D eigenvalue weighted by Gasteiger charge is 2.31. The van der Waals surface area contributed by atoms with Gasteiger partial charge in [0.2, 0.25) is 0 Å². The zero-order valence-electron chi connectivity index (χ0n) is 18.8. The van der Waals surface area contributed by atoms with Crippen LogP contribution < -0.4 is 4.74 Å². The summed E-state index contributed by atoms with van der Waals surface area (Å²) in [5.41, 5.74) is 1.47. The van der Waals surface area contributed by atoms with Crippen LogP contribution in [0.15, 0.2) is 24.3 Å². The van der Waals surface area contributed by atoms with Crippen LogP contribution in [-0.4, -0.2) is 53.4 Å². The maximum Gasteiger partial charge on any atom is 0.358 e. The van der Waals surface area contributed by atoms with Gasteiger partial charge >= 0.3 is 5.97 Å². The summed E-state index contributed by atoms with van der Waals surface area (Å²) in [4.78, 5) is 26.8. The lowest BCUT2D eigenvalue weighted by atomic mass is 9.91. The summed E-state index contributed by atoms with van der Waals surface area (Å²) in [7, 11) is 1.37. The van der Waals surface area contributed by atoms with Crippen LogP contribution in [0, 0.1) is 5.82 Å². The van der Waals surface area contributed by atoms with Gasteiger partial charge in [-0.15, -0.1) is 0 Å². The van der Waals surface area contributed by atoms with Crippen molar-refractivity contribution >= 4 is 11.9 Å². The van der Waals surface area contributed by atoms with Gasteiger partial charge in [-0.25, -0.2) is 9.18 Å². The minimum Gasteiger partial charge on any atom is -0.494 e. The van der Waals surface area contributed by atoms with E-state index in [1.807, 2.05) is 4.68 Å². The van der Waals surface area contributed by atoms with Gasteiger partial charge in [0, 0.05) is 29.8 Å². The fourth-order valence-electron chi connectivity index (χ4n) is 3.83. The number of benzene rings is 1. The van der Waals surface area contributed by atoms with Gasteiger partial charge in [-0.05, 0) is 44.0 Å². The topological polar surface area (TPSA) is 73.7 Å². The average Bonchev–Trinajstić information content (AvgIpc) is 3.20. The molecule has 0 N–H and O–H groups in total. The van der Waals surface area contributed by atoms with Crippen molar-refractivity contribution in [3.8, 4) is 5.75 Å². The first-order chi connectivity index (χ1) is 14.7. The van der Waals surface area contributed by atoms with E-state index in [4.69, 9.17) is 9.47 Å². The molecule has 8 heteroatoms. The van der Waals surface area contributed by atoms with Crippen molar-refractivity contribution in [2.75, 3.05) is 26.8 Å². The van der Waals surface area contributed by atoms with E-state index in [9.17, 15) is 14.0 Å². The molecule has 1 aromatic carbocycles. The third-order valence-electron chi connectivity index (χ3n) is 5.48. The summed E-state index contributed by atoms with van der Waals surface area (Å²) >= 11 is 0. The number of ether oxygens (including phenoxy) is 2. The van der Waals surface area contributed by atoms with Crippen molar-refractivity contribution < 1.29 is 23.5 Å². The van der Waals surface area contributed by atoms with E-state index in [2.05, 4.69) is 25.9 Å². The van der Waals surface area contributed by atoms with Gasteiger partial charge in [0.25, 0.3) is 5.91 Å². The van der Waals surface area contributed by atoms with Crippen molar-refractivity contribution in [2.45, 2.75) is 52.0 Å². The van der Waals surface area contributed by atoms with Gasteiger partial charge in [-0.1, -0.05) is 20.8 Å². The van der Waals surface area contributed by atoms with E-state index in [0.29, 0.717) is 43.8 Å². The first kappa shape index (κ1) is 22.8. The van der Waals surface area contributed by atoms with Crippen LogP contribution in [0.4, 0.5) is 4.39 Å². The minimum absolute atomic E-state index is 0.0543. The lowest BCUT2D eigenvalue weighted by molar-refractivity contribution is 0.0517. The predicted octanol–water partition coefficient (Wildman–Crippen LogP) is 3.98. The van der Waals surface area contributed by atoms with E-state index in [1.54, 1.807) is 17.9 Å². The second-order valence-corrected chi connectivity index (χ2v) is 8.70. The van der Waals surface area contributed by atoms with Crippen LogP contribution >= 0.6 is 0 Å². The predicted molar refractivity (Wildman–Crippen MR) is 114 cm³/mol. The average molecular weight is 432 g/mol. The molecule has 7 nitrogen and oxygen atoms in total. The molecule has 1 amide bonds. The Kier molecular flexibility index (Phi) is 6.67. The Labute approximate surface area is 182 Å². The first-order valence-electron chi connectivity index (χ1n) is 10.6. The van der Waals surface area contributed by atoms with Gasteiger partial charge in [-0.2, -0.15) is 5.10 Å². The standard InChI is InChI=1S/C23H30FN3O4/c1-6-31-22(29)18-14-20(23(2,3)4)27(25-18)16-9-11-26(12-10-16)21(28)15-7-8-17(24)19(13-15)30-5/h7-8,13-14,16H,6,9-12H2,1-5H3. The number of carbonyl (C=O) groups is 2. The van der Waals surface area contributed by atoms with Gasteiger partial charge in [0.05, 0.1) is 19.8 Å². The van der Waals surface area contributed by atoms with Crippen LogP contribution in [0.2, 0.25) is 0 Å². The van der Waals surface area contributed by atoms with Crippen LogP contribution in [0.3, 0.4) is 0 Å². The van der Waals surface area contributed by atoms with Crippen molar-refractivity contribution in [1.29, 1.82) is 0 Å². The number of esters is 1. The number of methoxy groups -OCH3 is 1. The number of aromatic nitrogens is 2. The fraction of sp³-hybridized carbons (Fsp3) is 0.522. The van der Waals surface area contributed by atoms with Crippen molar-refractivity contribution in [3.63, 3.8) is 0 Å². The molecular formula is C23H30FN3O4. The number of rotatable bonds is 5. The Morgan fingerprint density at radius 2 is 1.87 bits per heavy atom. The molecule has 0 bridgehead atoms. The number of hydrogen-bond acceptors (Lipinski definition) is 5. The molecule has 1 fully saturated rings. The molecule has 0 saturated carbocycles. The normalized spacial score (nSPS) is 15.1. The third-order valence-corrected chi connectivity index (χ3v) is 5.48. The number of nitrogens with zero attached hydrogens (tertiary/aromatic N) is 3. The molecule has 1 aliphatic rings. The summed E-state index contributed by atoms with van der Waals surface area (Å²) in [5, 5.41) is 4.56. The molecule has 1 aliphatic heterocycles. The Morgan fingerprint density at radius 1 is 1.19 bits per heavy atom. The SMILES string of the molecule is CCOC(=O)c1cc(C(C)(C)C)n(C2CCN(C(=O)c3ccc(F)c(OC)c3)CC2)n1. The van der Waals surface area contributed by atoms with E-state index < -0.39 is 11.8 Å². The molecule has 1 saturated heterocycles. The van der Waals surface area contributed by atoms with Crippen LogP contribution in [0.25, 0.3) is 0 Å². The van der Waals surface area contributed by atoms with Crippen LogP contribution in [0.1, 0.15) is 73.1 Å². The van der Waals surface area contributed by atoms with Crippen LogP contribution in [0.5, 0.6) is 5.75 Å². The van der Waals surface area contributed by atoms with E-state index >= 15 is 0 Å². The zero-order chi connectivity index (χ0) is 22.8. The molecule has 0 atom stereocenters. The van der Waals surface area contributed by atoms with Crippen LogP contribution in [-0.2, 0) is 10.2 Å². The summed E-state index contributed by atoms with van der Waals surface area (Å²) in [6.07, 6.45) is 1.41. The molecular weight excluding hydrogens is 401 g/mol. The Hall–Kier alpha value is -2.90. The quantitative estimate of drug-likeness (QED) is 0.670. The molecule has 1 aromatic heterocycles. The molecule has 31 heavy (non-hydrogen) atoms. The molecule has 2 heterocycles. The number of amides is 1. The van der Waals surface area contributed by atoms with E-state index in [-0.39, 0.29) is 23.1 Å². The highest BCUT2D eigenvalue weighted by Crippen LogP contribution is 2.31. The molecule has 0 unspecified atom stereocenters. The van der Waals surface area contributed by atoms with Gasteiger partial charge < -0.3 is 14.4 Å². The van der Waals surface area contributed by atoms with Crippen molar-refractivity contribution in [1.82, 2.24) is 14.7 Å². The van der Waals surface area contributed by atoms with Gasteiger partial charge in [-0.3, -0.25) is 9.48 Å². The maximum atomic E-state index is 13.7. The number of piperidine rings is 1. The van der Waals surface area contributed by atoms with Gasteiger partial charge in [0.15, 0.2) is 17.3 Å². The van der Waals surface area contributed by atoms with Crippen molar-refractivity contribution in [3.05, 3.63) is 47.0 Å². The third kappa shape index (κ3) is 4.89. The lowest BCUT2D eigenvalue weighted by Gasteiger charge is -2.34. The zero-order valence-corrected chi connectivity index (χ0v) is 18.8. The highest BCUT2D eigenvalue weighted by atomic mass is 19.1. The molecule has 0 radical (unpaired) electrons. The largest absolute Gasteiger partial charge is 0.494 e. The number of halogens is 1. The fourth-order valence-corrected chi connectivity index (χ4v) is 3.83. The smallest absolute Gasteiger partial charge is 0.358 e. The van der Waals surface area contributed by atoms with Gasteiger partial charge in [0.1, 0.15) is 0 Å². The second-order valence-electron chi connectivity index (χ2n) is 8.70. The molecule has 0 spiro atoms. The summed E-state index contributed by atoms with van der Waals surface area (Å²) < 4.78 is 25.7. The maximum absolute atomic E-state index is 13.7. The number of carbonyl (C=O) groups excluding carboxylic acids is 2. The Morgan fingerprint density at radius 3 is 2.45 bits per heavy atom. The molecule has 0 aliphatic carbocycles. The Balaban J connectivity index is 1.76. The van der Waals surface area contributed by atoms with E-state index in [0.717, 1.165) is 5.69 Å². The summed E-state index contributed by atoms with van der Waals surface area (Å²) in [6, 6.07) is 6.03. The van der Waals surface area contributed by atoms with E-state index in [1.165, 1.54) is 25.3 Å². The minimum atomic E-state index is -0.497. The molecule has 168 valence electrons. The first-order valence-corrected chi connectivity index (χ1v) is 10.6. The number of hydrogen-bond donors (Lipinski definition) is 0. The second kappa shape index (κ2) is 9.08. The Bertz CT molecular complexity index is 956. The number of likely N-dealkylation sites (tertiary alicyclic amines) is 1. The summed E-state index contributed by atoms with van der Waals surface area (Å²) in [5.74, 6) is -1.02. The highest BCUT2D eigenvalue weighted by molar-refractivity contribution is 5.94. The monoisotopic (exact) mass is 431 g/mol. The lowest BCUT2D eigenvalue weighted by Crippen LogP contribution is -2.40. The molecule has 3 rings (SSSR count). The summed E-state index contributed by atoms with van der Waals surface area (Å²) in [6.45, 7) is 9.39.